The Hall–Kier alpha value is -3.15. The van der Waals surface area contributed by atoms with Crippen LogP contribution in [-0.4, -0.2) is 58.5 Å². The molecule has 186 valence electrons. The molecule has 5 heterocycles. The number of hydrogen-bond acceptors (Lipinski definition) is 8. The highest BCUT2D eigenvalue weighted by Gasteiger charge is 2.41. The van der Waals surface area contributed by atoms with E-state index < -0.39 is 5.91 Å². The van der Waals surface area contributed by atoms with E-state index in [-0.39, 0.29) is 28.5 Å². The van der Waals surface area contributed by atoms with Crippen LogP contribution in [0.5, 0.6) is 0 Å². The fourth-order valence-electron chi connectivity index (χ4n) is 4.48. The average Bonchev–Trinajstić information content (AvgIpc) is 3.24. The molecule has 3 unspecified atom stereocenters. The zero-order valence-corrected chi connectivity index (χ0v) is 20.1. The summed E-state index contributed by atoms with van der Waals surface area (Å²) in [5.74, 6) is 2.24. The molecule has 0 bridgehead atoms. The van der Waals surface area contributed by atoms with Gasteiger partial charge in [-0.3, -0.25) is 9.59 Å². The molecule has 2 aliphatic heterocycles. The summed E-state index contributed by atoms with van der Waals surface area (Å²) in [4.78, 5) is 29.1. The molecule has 3 aromatic rings. The summed E-state index contributed by atoms with van der Waals surface area (Å²) in [6.45, 7) is 3.28. The van der Waals surface area contributed by atoms with Crippen LogP contribution in [0.25, 0.3) is 5.65 Å². The Morgan fingerprint density at radius 3 is 2.63 bits per heavy atom. The number of halogens is 1. The monoisotopic (exact) mass is 501 g/mol. The van der Waals surface area contributed by atoms with Crippen LogP contribution in [0.3, 0.4) is 0 Å². The standard InChI is InChI=1S/C18H20ClN7O3.C5H8O/c1-21-15-6-14(24-17-12(16(20)27)7-22-26(15)17)23-13-5-10(19)8-25(18(13)28)11-3-2-4-29-9-11;1-4-2-6-3-5(1)4/h5-8,11,21H,2-4,9H2,1H3,(H2,20,27)(H,23,24);4-5H,1-3H2. The SMILES string of the molecule is C1OCC2CC12.CNc1cc(Nc2cc(Cl)cn(C3CCCOC3)c2=O)nc2c(C(N)=O)cnn12. The molecule has 0 aromatic carbocycles. The van der Waals surface area contributed by atoms with E-state index in [9.17, 15) is 9.59 Å². The second-order valence-corrected chi connectivity index (χ2v) is 9.44. The molecule has 2 saturated heterocycles. The molecule has 12 heteroatoms. The lowest BCUT2D eigenvalue weighted by atomic mass is 10.1. The van der Waals surface area contributed by atoms with Crippen LogP contribution in [-0.2, 0) is 9.47 Å². The molecule has 6 rings (SSSR count). The van der Waals surface area contributed by atoms with E-state index >= 15 is 0 Å². The third kappa shape index (κ3) is 4.97. The number of rotatable bonds is 5. The molecule has 3 atom stereocenters. The van der Waals surface area contributed by atoms with Gasteiger partial charge in [-0.15, -0.1) is 0 Å². The van der Waals surface area contributed by atoms with Gasteiger partial charge in [0, 0.05) is 39.1 Å². The van der Waals surface area contributed by atoms with E-state index in [1.165, 1.54) is 17.1 Å². The fourth-order valence-corrected chi connectivity index (χ4v) is 4.69. The van der Waals surface area contributed by atoms with Gasteiger partial charge in [0.2, 0.25) is 0 Å². The lowest BCUT2D eigenvalue weighted by Gasteiger charge is -2.25. The van der Waals surface area contributed by atoms with Crippen LogP contribution in [0, 0.1) is 11.8 Å². The number of carbonyl (C=O) groups is 1. The molecule has 35 heavy (non-hydrogen) atoms. The Kier molecular flexibility index (Phi) is 6.63. The zero-order chi connectivity index (χ0) is 24.5. The van der Waals surface area contributed by atoms with Crippen LogP contribution in [0.15, 0.2) is 29.3 Å². The third-order valence-electron chi connectivity index (χ3n) is 6.53. The highest BCUT2D eigenvalue weighted by atomic mass is 35.5. The smallest absolute Gasteiger partial charge is 0.274 e. The van der Waals surface area contributed by atoms with Gasteiger partial charge in [0.25, 0.3) is 11.5 Å². The van der Waals surface area contributed by atoms with Crippen molar-refractivity contribution in [1.29, 1.82) is 0 Å². The minimum absolute atomic E-state index is 0.0740. The first-order chi connectivity index (χ1) is 16.9. The van der Waals surface area contributed by atoms with Gasteiger partial charge in [-0.25, -0.2) is 4.98 Å². The number of primary amides is 1. The van der Waals surface area contributed by atoms with Crippen LogP contribution < -0.4 is 21.9 Å². The van der Waals surface area contributed by atoms with Crippen molar-refractivity contribution in [2.75, 3.05) is 44.1 Å². The van der Waals surface area contributed by atoms with E-state index in [2.05, 4.69) is 20.7 Å². The fraction of sp³-hybridized carbons (Fsp3) is 0.478. The number of ether oxygens (including phenoxy) is 2. The highest BCUT2D eigenvalue weighted by molar-refractivity contribution is 6.30. The summed E-state index contributed by atoms with van der Waals surface area (Å²) in [7, 11) is 1.71. The maximum atomic E-state index is 13.0. The molecule has 3 fully saturated rings. The van der Waals surface area contributed by atoms with E-state index in [1.54, 1.807) is 29.9 Å². The summed E-state index contributed by atoms with van der Waals surface area (Å²) >= 11 is 6.26. The molecule has 0 spiro atoms. The van der Waals surface area contributed by atoms with Gasteiger partial charge in [0.15, 0.2) is 5.65 Å². The first-order valence-electron chi connectivity index (χ1n) is 11.6. The van der Waals surface area contributed by atoms with Crippen molar-refractivity contribution >= 4 is 40.5 Å². The average molecular weight is 502 g/mol. The molecule has 3 aliphatic rings. The van der Waals surface area contributed by atoms with E-state index in [4.69, 9.17) is 26.8 Å². The highest BCUT2D eigenvalue weighted by Crippen LogP contribution is 2.43. The first-order valence-corrected chi connectivity index (χ1v) is 12.0. The Morgan fingerprint density at radius 1 is 1.23 bits per heavy atom. The first kappa shape index (κ1) is 23.6. The number of pyridine rings is 1. The predicted octanol–water partition coefficient (Wildman–Crippen LogP) is 2.43. The maximum Gasteiger partial charge on any atom is 0.274 e. The Balaban J connectivity index is 0.000000362. The summed E-state index contributed by atoms with van der Waals surface area (Å²) in [5.41, 5.74) is 5.89. The lowest BCUT2D eigenvalue weighted by Crippen LogP contribution is -2.31. The van der Waals surface area contributed by atoms with Gasteiger partial charge < -0.3 is 30.4 Å². The summed E-state index contributed by atoms with van der Waals surface area (Å²) in [6.07, 6.45) is 6.15. The predicted molar refractivity (Wildman–Crippen MR) is 132 cm³/mol. The molecule has 1 aliphatic carbocycles. The van der Waals surface area contributed by atoms with Crippen molar-refractivity contribution in [3.63, 3.8) is 0 Å². The van der Waals surface area contributed by atoms with Crippen LogP contribution in [0.1, 0.15) is 35.7 Å². The molecule has 11 nitrogen and oxygen atoms in total. The topological polar surface area (TPSA) is 138 Å². The molecular formula is C23H28ClN7O4. The number of nitrogens with two attached hydrogens (primary N) is 1. The van der Waals surface area contributed by atoms with Crippen molar-refractivity contribution in [3.05, 3.63) is 45.5 Å². The molecule has 4 N–H and O–H groups in total. The number of aromatic nitrogens is 4. The maximum absolute atomic E-state index is 13.0. The second kappa shape index (κ2) is 9.84. The molecule has 1 amide bonds. The number of hydrogen-bond donors (Lipinski definition) is 3. The van der Waals surface area contributed by atoms with Gasteiger partial charge in [0.05, 0.1) is 23.9 Å². The van der Waals surface area contributed by atoms with Gasteiger partial charge in [-0.2, -0.15) is 9.61 Å². The second-order valence-electron chi connectivity index (χ2n) is 9.01. The van der Waals surface area contributed by atoms with Crippen LogP contribution in [0.2, 0.25) is 5.02 Å². The van der Waals surface area contributed by atoms with Crippen LogP contribution in [0.4, 0.5) is 17.3 Å². The number of fused-ring (bicyclic) bond motifs is 2. The van der Waals surface area contributed by atoms with Crippen molar-refractivity contribution in [1.82, 2.24) is 19.2 Å². The number of nitrogens with zero attached hydrogens (tertiary/aromatic N) is 4. The van der Waals surface area contributed by atoms with Crippen molar-refractivity contribution in [3.8, 4) is 0 Å². The number of carbonyl (C=O) groups excluding carboxylic acids is 1. The quantitative estimate of drug-likeness (QED) is 0.484. The van der Waals surface area contributed by atoms with Crippen molar-refractivity contribution in [2.45, 2.75) is 25.3 Å². The number of amides is 1. The Bertz CT molecular complexity index is 1290. The van der Waals surface area contributed by atoms with E-state index in [1.807, 2.05) is 0 Å². The number of nitrogens with one attached hydrogen (secondary N) is 2. The number of anilines is 3. The summed E-state index contributed by atoms with van der Waals surface area (Å²) in [6, 6.07) is 3.13. The van der Waals surface area contributed by atoms with E-state index in [0.717, 1.165) is 37.9 Å². The minimum Gasteiger partial charge on any atom is -0.381 e. The largest absolute Gasteiger partial charge is 0.381 e. The minimum atomic E-state index is -0.644. The molecule has 3 aromatic heterocycles. The van der Waals surface area contributed by atoms with Gasteiger partial charge in [0.1, 0.15) is 22.9 Å². The molecular weight excluding hydrogens is 474 g/mol. The normalized spacial score (nSPS) is 22.7. The van der Waals surface area contributed by atoms with Gasteiger partial charge in [-0.05, 0) is 37.2 Å². The molecule has 0 radical (unpaired) electrons. The lowest BCUT2D eigenvalue weighted by molar-refractivity contribution is 0.0581. The van der Waals surface area contributed by atoms with E-state index in [0.29, 0.717) is 29.9 Å². The third-order valence-corrected chi connectivity index (χ3v) is 6.73. The molecule has 1 saturated carbocycles. The summed E-state index contributed by atoms with van der Waals surface area (Å²) < 4.78 is 13.7. The Labute approximate surface area is 206 Å². The van der Waals surface area contributed by atoms with Crippen molar-refractivity contribution in [2.24, 2.45) is 17.6 Å². The van der Waals surface area contributed by atoms with Crippen molar-refractivity contribution < 1.29 is 14.3 Å². The zero-order valence-electron chi connectivity index (χ0n) is 19.4. The van der Waals surface area contributed by atoms with Crippen LogP contribution >= 0.6 is 11.6 Å². The Morgan fingerprint density at radius 2 is 2.03 bits per heavy atom. The van der Waals surface area contributed by atoms with Gasteiger partial charge >= 0.3 is 0 Å². The summed E-state index contributed by atoms with van der Waals surface area (Å²) in [5, 5.41) is 10.5. The van der Waals surface area contributed by atoms with Gasteiger partial charge in [-0.1, -0.05) is 11.6 Å².